The molecule has 0 aliphatic heterocycles. The van der Waals surface area contributed by atoms with Gasteiger partial charge in [0.2, 0.25) is 0 Å². The van der Waals surface area contributed by atoms with E-state index in [-0.39, 0.29) is 11.4 Å². The molecule has 0 unspecified atom stereocenters. The van der Waals surface area contributed by atoms with Crippen LogP contribution >= 0.6 is 0 Å². The van der Waals surface area contributed by atoms with E-state index in [1.165, 1.54) is 26.4 Å². The molecule has 0 aliphatic carbocycles. The summed E-state index contributed by atoms with van der Waals surface area (Å²) in [6.07, 6.45) is 1.56. The Labute approximate surface area is 127 Å². The Hall–Kier alpha value is -3.09. The maximum Gasteiger partial charge on any atom is 0.365 e. The molecule has 7 heteroatoms. The minimum Gasteiger partial charge on any atom is -0.493 e. The topological polar surface area (TPSA) is 96.0 Å². The molecule has 2 rings (SSSR count). The number of pyridine rings is 1. The number of hydrogen-bond acceptors (Lipinski definition) is 6. The summed E-state index contributed by atoms with van der Waals surface area (Å²) >= 11 is 0. The molecule has 1 heterocycles. The average molecular weight is 301 g/mol. The molecule has 0 amide bonds. The predicted octanol–water partition coefficient (Wildman–Crippen LogP) is 1.58. The summed E-state index contributed by atoms with van der Waals surface area (Å²) in [5.41, 5.74) is 6.37. The number of carbonyl (C=O) groups excluding carboxylic acids is 1. The Balaban J connectivity index is 2.12. The quantitative estimate of drug-likeness (QED) is 0.390. The van der Waals surface area contributed by atoms with Gasteiger partial charge in [-0.25, -0.2) is 4.79 Å². The predicted molar refractivity (Wildman–Crippen MR) is 79.9 cm³/mol. The number of nitrogens with zero attached hydrogens (tertiary/aromatic N) is 2. The summed E-state index contributed by atoms with van der Waals surface area (Å²) in [6, 6.07) is 9.78. The van der Waals surface area contributed by atoms with Gasteiger partial charge in [-0.2, -0.15) is 0 Å². The van der Waals surface area contributed by atoms with Crippen molar-refractivity contribution in [2.24, 2.45) is 10.9 Å². The van der Waals surface area contributed by atoms with Gasteiger partial charge in [-0.1, -0.05) is 11.2 Å². The Morgan fingerprint density at radius 1 is 1.14 bits per heavy atom. The highest BCUT2D eigenvalue weighted by Crippen LogP contribution is 2.27. The summed E-state index contributed by atoms with van der Waals surface area (Å²) in [5.74, 6) is 0.267. The first-order valence-electron chi connectivity index (χ1n) is 6.34. The highest BCUT2D eigenvalue weighted by Gasteiger charge is 2.12. The molecule has 1 aromatic heterocycles. The SMILES string of the molecule is COc1ccc(C(=O)O/N=C(/N)c2ccccn2)cc1OC. The first kappa shape index (κ1) is 15.3. The van der Waals surface area contributed by atoms with E-state index in [1.54, 1.807) is 30.5 Å². The second kappa shape index (κ2) is 7.07. The third kappa shape index (κ3) is 3.51. The molecule has 2 N–H and O–H groups in total. The molecule has 0 fully saturated rings. The molecular weight excluding hydrogens is 286 g/mol. The molecule has 0 saturated carbocycles. The second-order valence-electron chi connectivity index (χ2n) is 4.14. The van der Waals surface area contributed by atoms with E-state index in [1.807, 2.05) is 0 Å². The lowest BCUT2D eigenvalue weighted by molar-refractivity contribution is 0.0515. The van der Waals surface area contributed by atoms with E-state index in [9.17, 15) is 4.79 Å². The molecular formula is C15H15N3O4. The van der Waals surface area contributed by atoms with Crippen LogP contribution in [0.15, 0.2) is 47.8 Å². The molecule has 0 saturated heterocycles. The van der Waals surface area contributed by atoms with Crippen molar-refractivity contribution >= 4 is 11.8 Å². The third-order valence-corrected chi connectivity index (χ3v) is 2.77. The highest BCUT2D eigenvalue weighted by atomic mass is 16.7. The van der Waals surface area contributed by atoms with Crippen molar-refractivity contribution in [2.45, 2.75) is 0 Å². The largest absolute Gasteiger partial charge is 0.493 e. The fourth-order valence-corrected chi connectivity index (χ4v) is 1.67. The molecule has 0 bridgehead atoms. The maximum absolute atomic E-state index is 11.9. The van der Waals surface area contributed by atoms with Gasteiger partial charge in [0.1, 0.15) is 5.69 Å². The van der Waals surface area contributed by atoms with Crippen molar-refractivity contribution in [1.29, 1.82) is 0 Å². The molecule has 0 spiro atoms. The number of rotatable bonds is 5. The Kier molecular flexibility index (Phi) is 4.92. The summed E-state index contributed by atoms with van der Waals surface area (Å²) in [5, 5.41) is 3.58. The summed E-state index contributed by atoms with van der Waals surface area (Å²) in [6.45, 7) is 0. The Morgan fingerprint density at radius 3 is 2.55 bits per heavy atom. The standard InChI is InChI=1S/C15H15N3O4/c1-20-12-7-6-10(9-13(12)21-2)15(19)22-18-14(16)11-5-3-4-8-17-11/h3-9H,1-2H3,(H2,16,18). The van der Waals surface area contributed by atoms with Crippen molar-refractivity contribution in [3.8, 4) is 11.5 Å². The maximum atomic E-state index is 11.9. The molecule has 0 radical (unpaired) electrons. The zero-order chi connectivity index (χ0) is 15.9. The lowest BCUT2D eigenvalue weighted by Crippen LogP contribution is -2.16. The first-order chi connectivity index (χ1) is 10.7. The van der Waals surface area contributed by atoms with Crippen LogP contribution in [0.2, 0.25) is 0 Å². The van der Waals surface area contributed by atoms with E-state index in [4.69, 9.17) is 20.0 Å². The zero-order valence-corrected chi connectivity index (χ0v) is 12.1. The number of benzene rings is 1. The monoisotopic (exact) mass is 301 g/mol. The van der Waals surface area contributed by atoms with Crippen LogP contribution in [0.25, 0.3) is 0 Å². The van der Waals surface area contributed by atoms with Crippen molar-refractivity contribution in [3.63, 3.8) is 0 Å². The minimum atomic E-state index is -0.667. The molecule has 114 valence electrons. The van der Waals surface area contributed by atoms with Crippen LogP contribution in [0.4, 0.5) is 0 Å². The van der Waals surface area contributed by atoms with Gasteiger partial charge in [-0.3, -0.25) is 4.98 Å². The van der Waals surface area contributed by atoms with Crippen LogP contribution in [0.5, 0.6) is 11.5 Å². The smallest absolute Gasteiger partial charge is 0.365 e. The number of hydrogen-bond donors (Lipinski definition) is 1. The number of amidine groups is 1. The van der Waals surface area contributed by atoms with Gasteiger partial charge in [0, 0.05) is 6.20 Å². The first-order valence-corrected chi connectivity index (χ1v) is 6.34. The summed E-state index contributed by atoms with van der Waals surface area (Å²) in [7, 11) is 2.98. The minimum absolute atomic E-state index is 0.00873. The molecule has 0 aliphatic rings. The average Bonchev–Trinajstić information content (AvgIpc) is 2.59. The van der Waals surface area contributed by atoms with E-state index in [0.717, 1.165) is 0 Å². The van der Waals surface area contributed by atoms with Gasteiger partial charge >= 0.3 is 5.97 Å². The number of nitrogens with two attached hydrogens (primary N) is 1. The number of ether oxygens (including phenoxy) is 2. The molecule has 22 heavy (non-hydrogen) atoms. The van der Waals surface area contributed by atoms with Crippen LogP contribution < -0.4 is 15.2 Å². The second-order valence-corrected chi connectivity index (χ2v) is 4.14. The Bertz CT molecular complexity index is 686. The van der Waals surface area contributed by atoms with E-state index in [0.29, 0.717) is 17.2 Å². The lowest BCUT2D eigenvalue weighted by Gasteiger charge is -2.08. The summed E-state index contributed by atoms with van der Waals surface area (Å²) in [4.78, 5) is 20.7. The molecule has 1 aromatic carbocycles. The van der Waals surface area contributed by atoms with Gasteiger partial charge in [-0.05, 0) is 30.3 Å². The van der Waals surface area contributed by atoms with Crippen LogP contribution in [0.3, 0.4) is 0 Å². The van der Waals surface area contributed by atoms with Crippen molar-refractivity contribution < 1.29 is 19.1 Å². The van der Waals surface area contributed by atoms with Crippen molar-refractivity contribution in [1.82, 2.24) is 4.98 Å². The number of oxime groups is 1. The molecule has 2 aromatic rings. The normalized spacial score (nSPS) is 10.9. The summed E-state index contributed by atoms with van der Waals surface area (Å²) < 4.78 is 10.2. The Morgan fingerprint density at radius 2 is 1.91 bits per heavy atom. The molecule has 7 nitrogen and oxygen atoms in total. The van der Waals surface area contributed by atoms with E-state index >= 15 is 0 Å². The zero-order valence-electron chi connectivity index (χ0n) is 12.1. The van der Waals surface area contributed by atoms with Crippen LogP contribution in [0, 0.1) is 0 Å². The fourth-order valence-electron chi connectivity index (χ4n) is 1.67. The van der Waals surface area contributed by atoms with Gasteiger partial charge in [0.05, 0.1) is 19.8 Å². The van der Waals surface area contributed by atoms with Crippen LogP contribution in [0.1, 0.15) is 16.1 Å². The van der Waals surface area contributed by atoms with Gasteiger partial charge < -0.3 is 20.0 Å². The van der Waals surface area contributed by atoms with Crippen molar-refractivity contribution in [2.75, 3.05) is 14.2 Å². The third-order valence-electron chi connectivity index (χ3n) is 2.77. The van der Waals surface area contributed by atoms with E-state index < -0.39 is 5.97 Å². The number of methoxy groups -OCH3 is 2. The van der Waals surface area contributed by atoms with Crippen LogP contribution in [-0.2, 0) is 4.84 Å². The lowest BCUT2D eigenvalue weighted by atomic mass is 10.2. The van der Waals surface area contributed by atoms with Gasteiger partial charge in [-0.15, -0.1) is 0 Å². The van der Waals surface area contributed by atoms with Crippen molar-refractivity contribution in [3.05, 3.63) is 53.9 Å². The van der Waals surface area contributed by atoms with Gasteiger partial charge in [0.25, 0.3) is 0 Å². The number of carbonyl (C=O) groups is 1. The molecule has 0 atom stereocenters. The highest BCUT2D eigenvalue weighted by molar-refractivity contribution is 5.96. The van der Waals surface area contributed by atoms with Gasteiger partial charge in [0.15, 0.2) is 17.3 Å². The number of aromatic nitrogens is 1. The van der Waals surface area contributed by atoms with Crippen LogP contribution in [-0.4, -0.2) is 31.0 Å². The fraction of sp³-hybridized carbons (Fsp3) is 0.133. The van der Waals surface area contributed by atoms with E-state index in [2.05, 4.69) is 10.1 Å².